The molecule has 1 aliphatic carbocycles. The van der Waals surface area contributed by atoms with E-state index < -0.39 is 0 Å². The maximum absolute atomic E-state index is 12.5. The second-order valence-corrected chi connectivity index (χ2v) is 6.83. The van der Waals surface area contributed by atoms with E-state index in [-0.39, 0.29) is 12.2 Å². The summed E-state index contributed by atoms with van der Waals surface area (Å²) in [5, 5.41) is 3.52. The molecule has 0 aromatic rings. The minimum atomic E-state index is 0.0475. The molecule has 3 heteroatoms. The van der Waals surface area contributed by atoms with Crippen LogP contribution in [0, 0.1) is 17.8 Å². The molecule has 2 fully saturated rings. The summed E-state index contributed by atoms with van der Waals surface area (Å²) in [7, 11) is 0. The van der Waals surface area contributed by atoms with Crippen LogP contribution in [0.2, 0.25) is 0 Å². The topological polar surface area (TPSA) is 32.3 Å². The molecule has 110 valence electrons. The Balaban J connectivity index is 2.05. The average molecular weight is 266 g/mol. The van der Waals surface area contributed by atoms with E-state index in [1.54, 1.807) is 0 Å². The van der Waals surface area contributed by atoms with Crippen LogP contribution in [0.5, 0.6) is 0 Å². The van der Waals surface area contributed by atoms with E-state index in [0.29, 0.717) is 17.7 Å². The first-order valence-corrected chi connectivity index (χ1v) is 8.11. The summed E-state index contributed by atoms with van der Waals surface area (Å²) >= 11 is 0. The van der Waals surface area contributed by atoms with Gasteiger partial charge in [0.25, 0.3) is 0 Å². The molecule has 1 saturated carbocycles. The number of rotatable bonds is 4. The van der Waals surface area contributed by atoms with Crippen molar-refractivity contribution < 1.29 is 4.79 Å². The Kier molecular flexibility index (Phi) is 4.88. The number of nitrogens with zero attached hydrogens (tertiary/aromatic N) is 1. The molecule has 0 radical (unpaired) electrons. The van der Waals surface area contributed by atoms with Gasteiger partial charge in [-0.1, -0.05) is 47.0 Å². The van der Waals surface area contributed by atoms with Crippen molar-refractivity contribution in [2.24, 2.45) is 17.8 Å². The number of carbonyl (C=O) groups excluding carboxylic acids is 1. The largest absolute Gasteiger partial charge is 0.325 e. The predicted molar refractivity (Wildman–Crippen MR) is 78.7 cm³/mol. The van der Waals surface area contributed by atoms with Gasteiger partial charge in [-0.25, -0.2) is 0 Å². The second kappa shape index (κ2) is 6.25. The summed E-state index contributed by atoms with van der Waals surface area (Å²) in [5.74, 6) is 2.30. The summed E-state index contributed by atoms with van der Waals surface area (Å²) in [6.45, 7) is 9.84. The first kappa shape index (κ1) is 14.8. The normalized spacial score (nSPS) is 36.3. The summed E-state index contributed by atoms with van der Waals surface area (Å²) in [6, 6.07) is 0.0475. The molecule has 1 aliphatic heterocycles. The third-order valence-electron chi connectivity index (χ3n) is 5.05. The van der Waals surface area contributed by atoms with Crippen molar-refractivity contribution >= 4 is 5.91 Å². The van der Waals surface area contributed by atoms with Crippen molar-refractivity contribution in [1.29, 1.82) is 0 Å². The zero-order chi connectivity index (χ0) is 14.0. The molecule has 2 aliphatic rings. The van der Waals surface area contributed by atoms with Gasteiger partial charge < -0.3 is 4.90 Å². The molecule has 4 atom stereocenters. The number of carbonyl (C=O) groups is 1. The van der Waals surface area contributed by atoms with E-state index >= 15 is 0 Å². The van der Waals surface area contributed by atoms with Crippen LogP contribution >= 0.6 is 0 Å². The Labute approximate surface area is 118 Å². The van der Waals surface area contributed by atoms with E-state index in [4.69, 9.17) is 0 Å². The number of hydrogen-bond donors (Lipinski definition) is 1. The molecule has 1 heterocycles. The SMILES string of the molecule is CCC1NC(C(C)C)N(CC2CCCCC2C)C1=O. The predicted octanol–water partition coefficient (Wildman–Crippen LogP) is 3.01. The molecule has 0 aromatic carbocycles. The molecule has 0 spiro atoms. The van der Waals surface area contributed by atoms with Crippen molar-refractivity contribution in [2.45, 2.75) is 72.0 Å². The standard InChI is InChI=1S/C16H30N2O/c1-5-14-16(19)18(15(17-14)11(2)3)10-13-9-7-6-8-12(13)4/h11-15,17H,5-10H2,1-4H3. The van der Waals surface area contributed by atoms with Crippen LogP contribution in [0.3, 0.4) is 0 Å². The van der Waals surface area contributed by atoms with Crippen LogP contribution in [-0.4, -0.2) is 29.6 Å². The van der Waals surface area contributed by atoms with Crippen molar-refractivity contribution in [3.63, 3.8) is 0 Å². The lowest BCUT2D eigenvalue weighted by molar-refractivity contribution is -0.131. The van der Waals surface area contributed by atoms with E-state index in [1.807, 2.05) is 0 Å². The molecule has 1 saturated heterocycles. The smallest absolute Gasteiger partial charge is 0.241 e. The minimum Gasteiger partial charge on any atom is -0.325 e. The molecular weight excluding hydrogens is 236 g/mol. The van der Waals surface area contributed by atoms with Gasteiger partial charge in [-0.05, 0) is 30.6 Å². The Morgan fingerprint density at radius 2 is 2.00 bits per heavy atom. The van der Waals surface area contributed by atoms with Crippen LogP contribution in [0.4, 0.5) is 0 Å². The summed E-state index contributed by atoms with van der Waals surface area (Å²) < 4.78 is 0. The van der Waals surface area contributed by atoms with Crippen molar-refractivity contribution in [1.82, 2.24) is 10.2 Å². The molecule has 4 unspecified atom stereocenters. The summed E-state index contributed by atoms with van der Waals surface area (Å²) in [4.78, 5) is 14.6. The lowest BCUT2D eigenvalue weighted by Crippen LogP contribution is -2.45. The molecule has 0 bridgehead atoms. The van der Waals surface area contributed by atoms with E-state index in [0.717, 1.165) is 18.9 Å². The van der Waals surface area contributed by atoms with E-state index in [1.165, 1.54) is 25.7 Å². The Morgan fingerprint density at radius 3 is 2.58 bits per heavy atom. The second-order valence-electron chi connectivity index (χ2n) is 6.83. The number of nitrogens with one attached hydrogen (secondary N) is 1. The zero-order valence-electron chi connectivity index (χ0n) is 13.0. The van der Waals surface area contributed by atoms with Crippen LogP contribution in [-0.2, 0) is 4.79 Å². The Morgan fingerprint density at radius 1 is 1.32 bits per heavy atom. The maximum atomic E-state index is 12.5. The fourth-order valence-electron chi connectivity index (χ4n) is 3.67. The van der Waals surface area contributed by atoms with Crippen molar-refractivity contribution in [2.75, 3.05) is 6.54 Å². The monoisotopic (exact) mass is 266 g/mol. The van der Waals surface area contributed by atoms with Gasteiger partial charge in [-0.3, -0.25) is 10.1 Å². The Hall–Kier alpha value is -0.570. The van der Waals surface area contributed by atoms with Crippen LogP contribution in [0.15, 0.2) is 0 Å². The molecule has 1 amide bonds. The average Bonchev–Trinajstić information content (AvgIpc) is 2.69. The summed E-state index contributed by atoms with van der Waals surface area (Å²) in [6.07, 6.45) is 6.49. The van der Waals surface area contributed by atoms with Crippen LogP contribution < -0.4 is 5.32 Å². The van der Waals surface area contributed by atoms with Gasteiger partial charge in [0.2, 0.25) is 5.91 Å². The highest BCUT2D eigenvalue weighted by Crippen LogP contribution is 2.32. The van der Waals surface area contributed by atoms with Gasteiger partial charge >= 0.3 is 0 Å². The first-order chi connectivity index (χ1) is 9.04. The number of hydrogen-bond acceptors (Lipinski definition) is 2. The van der Waals surface area contributed by atoms with Crippen molar-refractivity contribution in [3.8, 4) is 0 Å². The quantitative estimate of drug-likeness (QED) is 0.848. The van der Waals surface area contributed by atoms with Crippen LogP contribution in [0.1, 0.15) is 59.8 Å². The fraction of sp³-hybridized carbons (Fsp3) is 0.938. The highest BCUT2D eigenvalue weighted by molar-refractivity contribution is 5.84. The third-order valence-corrected chi connectivity index (χ3v) is 5.05. The van der Waals surface area contributed by atoms with E-state index in [9.17, 15) is 4.79 Å². The molecule has 2 rings (SSSR count). The van der Waals surface area contributed by atoms with Gasteiger partial charge in [-0.2, -0.15) is 0 Å². The maximum Gasteiger partial charge on any atom is 0.241 e. The van der Waals surface area contributed by atoms with Gasteiger partial charge in [0.15, 0.2) is 0 Å². The highest BCUT2D eigenvalue weighted by atomic mass is 16.2. The zero-order valence-corrected chi connectivity index (χ0v) is 13.0. The van der Waals surface area contributed by atoms with Gasteiger partial charge in [-0.15, -0.1) is 0 Å². The molecular formula is C16H30N2O. The minimum absolute atomic E-state index is 0.0475. The van der Waals surface area contributed by atoms with E-state index in [2.05, 4.69) is 37.9 Å². The molecule has 3 nitrogen and oxygen atoms in total. The first-order valence-electron chi connectivity index (χ1n) is 8.11. The van der Waals surface area contributed by atoms with Gasteiger partial charge in [0, 0.05) is 6.54 Å². The van der Waals surface area contributed by atoms with Crippen molar-refractivity contribution in [3.05, 3.63) is 0 Å². The molecule has 1 N–H and O–H groups in total. The molecule has 19 heavy (non-hydrogen) atoms. The fourth-order valence-corrected chi connectivity index (χ4v) is 3.67. The number of amides is 1. The Bertz CT molecular complexity index is 316. The van der Waals surface area contributed by atoms with Crippen LogP contribution in [0.25, 0.3) is 0 Å². The third kappa shape index (κ3) is 3.13. The lowest BCUT2D eigenvalue weighted by Gasteiger charge is -2.35. The lowest BCUT2D eigenvalue weighted by atomic mass is 9.80. The highest BCUT2D eigenvalue weighted by Gasteiger charge is 2.40. The molecule has 0 aromatic heterocycles. The van der Waals surface area contributed by atoms with Gasteiger partial charge in [0.05, 0.1) is 12.2 Å². The van der Waals surface area contributed by atoms with Gasteiger partial charge in [0.1, 0.15) is 0 Å². The summed E-state index contributed by atoms with van der Waals surface area (Å²) in [5.41, 5.74) is 0.